The second-order valence-electron chi connectivity index (χ2n) is 7.35. The molecule has 6 nitrogen and oxygen atoms in total. The van der Waals surface area contributed by atoms with E-state index in [1.807, 2.05) is 4.90 Å². The number of benzene rings is 1. The highest BCUT2D eigenvalue weighted by molar-refractivity contribution is 7.89. The Hall–Kier alpha value is -1.51. The van der Waals surface area contributed by atoms with Crippen LogP contribution in [0.1, 0.15) is 19.8 Å². The van der Waals surface area contributed by atoms with E-state index in [-0.39, 0.29) is 10.8 Å². The number of piperidine rings is 1. The first-order chi connectivity index (χ1) is 12.4. The lowest BCUT2D eigenvalue weighted by Crippen LogP contribution is -3.15. The molecule has 2 aliphatic rings. The molecule has 1 aromatic carbocycles. The number of halogens is 1. The van der Waals surface area contributed by atoms with Crippen LogP contribution in [-0.4, -0.2) is 69.3 Å². The van der Waals surface area contributed by atoms with Crippen molar-refractivity contribution in [3.8, 4) is 0 Å². The van der Waals surface area contributed by atoms with Gasteiger partial charge in [0.2, 0.25) is 10.0 Å². The second-order valence-corrected chi connectivity index (χ2v) is 9.29. The number of carbonyl (C=O) groups is 1. The van der Waals surface area contributed by atoms with E-state index < -0.39 is 15.8 Å². The predicted octanol–water partition coefficient (Wildman–Crippen LogP) is -0.0266. The van der Waals surface area contributed by atoms with Gasteiger partial charge in [-0.25, -0.2) is 12.8 Å². The van der Waals surface area contributed by atoms with Crippen molar-refractivity contribution in [3.63, 3.8) is 0 Å². The van der Waals surface area contributed by atoms with E-state index in [1.165, 1.54) is 22.5 Å². The maximum absolute atomic E-state index is 13.3. The van der Waals surface area contributed by atoms with Crippen molar-refractivity contribution in [1.82, 2.24) is 9.21 Å². The van der Waals surface area contributed by atoms with Gasteiger partial charge in [0.25, 0.3) is 5.91 Å². The molecule has 2 heterocycles. The van der Waals surface area contributed by atoms with E-state index in [4.69, 9.17) is 0 Å². The lowest BCUT2D eigenvalue weighted by atomic mass is 9.99. The summed E-state index contributed by atoms with van der Waals surface area (Å²) in [6.45, 7) is 6.15. The molecule has 1 N–H and O–H groups in total. The number of sulfonamides is 1. The summed E-state index contributed by atoms with van der Waals surface area (Å²) in [6, 6.07) is 5.10. The Balaban J connectivity index is 1.53. The SMILES string of the molecule is CC1CCN(C(=O)C[NH+]2CCN(S(=O)(=O)c3cccc(F)c3)CC2)CC1. The predicted molar refractivity (Wildman–Crippen MR) is 95.7 cm³/mol. The average Bonchev–Trinajstić information content (AvgIpc) is 2.62. The summed E-state index contributed by atoms with van der Waals surface area (Å²) in [5.74, 6) is 0.285. The lowest BCUT2D eigenvalue weighted by Gasteiger charge is -2.34. The molecule has 8 heteroatoms. The van der Waals surface area contributed by atoms with Crippen LogP contribution in [0.2, 0.25) is 0 Å². The van der Waals surface area contributed by atoms with Gasteiger partial charge < -0.3 is 9.80 Å². The molecule has 0 saturated carbocycles. The van der Waals surface area contributed by atoms with Gasteiger partial charge in [0.1, 0.15) is 5.82 Å². The van der Waals surface area contributed by atoms with E-state index in [2.05, 4.69) is 6.92 Å². The molecule has 2 fully saturated rings. The largest absolute Gasteiger partial charge is 0.338 e. The van der Waals surface area contributed by atoms with Crippen molar-refractivity contribution in [1.29, 1.82) is 0 Å². The molecular formula is C18H27FN3O3S+. The molecule has 2 saturated heterocycles. The fraction of sp³-hybridized carbons (Fsp3) is 0.611. The molecule has 1 amide bonds. The summed E-state index contributed by atoms with van der Waals surface area (Å²) >= 11 is 0. The number of nitrogens with one attached hydrogen (secondary N) is 1. The van der Waals surface area contributed by atoms with Crippen LogP contribution in [0.4, 0.5) is 4.39 Å². The van der Waals surface area contributed by atoms with Crippen LogP contribution in [0.3, 0.4) is 0 Å². The first kappa shape index (κ1) is 19.3. The molecule has 26 heavy (non-hydrogen) atoms. The van der Waals surface area contributed by atoms with E-state index >= 15 is 0 Å². The quantitative estimate of drug-likeness (QED) is 0.793. The molecule has 0 aliphatic carbocycles. The number of rotatable bonds is 4. The molecule has 0 aromatic heterocycles. The van der Waals surface area contributed by atoms with E-state index in [9.17, 15) is 17.6 Å². The monoisotopic (exact) mass is 384 g/mol. The van der Waals surface area contributed by atoms with E-state index in [0.29, 0.717) is 38.6 Å². The summed E-state index contributed by atoms with van der Waals surface area (Å²) in [5, 5.41) is 0. The Labute approximate surface area is 154 Å². The number of amides is 1. The Morgan fingerprint density at radius 2 is 1.85 bits per heavy atom. The van der Waals surface area contributed by atoms with Crippen molar-refractivity contribution in [2.75, 3.05) is 45.8 Å². The first-order valence-electron chi connectivity index (χ1n) is 9.23. The van der Waals surface area contributed by atoms with Gasteiger partial charge in [0, 0.05) is 13.1 Å². The highest BCUT2D eigenvalue weighted by Gasteiger charge is 2.32. The van der Waals surface area contributed by atoms with Crippen molar-refractivity contribution in [3.05, 3.63) is 30.1 Å². The Bertz CT molecular complexity index is 740. The summed E-state index contributed by atoms with van der Waals surface area (Å²) in [7, 11) is -3.68. The van der Waals surface area contributed by atoms with Crippen molar-refractivity contribution in [2.24, 2.45) is 5.92 Å². The minimum atomic E-state index is -3.68. The van der Waals surface area contributed by atoms with Gasteiger partial charge in [-0.3, -0.25) is 4.79 Å². The molecule has 2 aliphatic heterocycles. The highest BCUT2D eigenvalue weighted by Crippen LogP contribution is 2.17. The topological polar surface area (TPSA) is 62.1 Å². The molecule has 0 radical (unpaired) electrons. The van der Waals surface area contributed by atoms with Gasteiger partial charge in [0.15, 0.2) is 6.54 Å². The van der Waals surface area contributed by atoms with E-state index in [0.717, 1.165) is 36.9 Å². The molecule has 0 atom stereocenters. The zero-order valence-electron chi connectivity index (χ0n) is 15.2. The smallest absolute Gasteiger partial charge is 0.277 e. The number of hydrogen-bond acceptors (Lipinski definition) is 3. The standard InChI is InChI=1S/C18H26FN3O3S/c1-15-5-7-21(8-6-15)18(23)14-20-9-11-22(12-10-20)26(24,25)17-4-2-3-16(19)13-17/h2-4,13,15H,5-12,14H2,1H3/p+1. The zero-order valence-corrected chi connectivity index (χ0v) is 16.0. The van der Waals surface area contributed by atoms with Gasteiger partial charge >= 0.3 is 0 Å². The molecule has 144 valence electrons. The Kier molecular flexibility index (Phi) is 5.94. The number of hydrogen-bond donors (Lipinski definition) is 1. The fourth-order valence-electron chi connectivity index (χ4n) is 3.58. The fourth-order valence-corrected chi connectivity index (χ4v) is 5.05. The summed E-state index contributed by atoms with van der Waals surface area (Å²) in [4.78, 5) is 15.5. The molecular weight excluding hydrogens is 357 g/mol. The van der Waals surface area contributed by atoms with Crippen molar-refractivity contribution < 1.29 is 22.5 Å². The van der Waals surface area contributed by atoms with Crippen LogP contribution in [0, 0.1) is 11.7 Å². The number of carbonyl (C=O) groups excluding carboxylic acids is 1. The molecule has 0 bridgehead atoms. The van der Waals surface area contributed by atoms with Gasteiger partial charge in [-0.05, 0) is 37.0 Å². The lowest BCUT2D eigenvalue weighted by molar-refractivity contribution is -0.896. The zero-order chi connectivity index (χ0) is 18.7. The Morgan fingerprint density at radius 3 is 2.46 bits per heavy atom. The third-order valence-electron chi connectivity index (χ3n) is 5.40. The van der Waals surface area contributed by atoms with Crippen LogP contribution in [0.15, 0.2) is 29.2 Å². The molecule has 0 spiro atoms. The van der Waals surface area contributed by atoms with Gasteiger partial charge in [0.05, 0.1) is 31.1 Å². The number of likely N-dealkylation sites (tertiary alicyclic amines) is 1. The number of nitrogens with zero attached hydrogens (tertiary/aromatic N) is 2. The highest BCUT2D eigenvalue weighted by atomic mass is 32.2. The van der Waals surface area contributed by atoms with E-state index in [1.54, 1.807) is 0 Å². The maximum atomic E-state index is 13.3. The second kappa shape index (κ2) is 8.02. The van der Waals surface area contributed by atoms with Gasteiger partial charge in [-0.15, -0.1) is 0 Å². The minimum Gasteiger partial charge on any atom is -0.338 e. The van der Waals surface area contributed by atoms with Crippen LogP contribution < -0.4 is 4.90 Å². The van der Waals surface area contributed by atoms with Crippen molar-refractivity contribution in [2.45, 2.75) is 24.7 Å². The molecule has 0 unspecified atom stereocenters. The third-order valence-corrected chi connectivity index (χ3v) is 7.30. The van der Waals surface area contributed by atoms with Crippen LogP contribution in [0.25, 0.3) is 0 Å². The van der Waals surface area contributed by atoms with Gasteiger partial charge in [-0.2, -0.15) is 4.31 Å². The van der Waals surface area contributed by atoms with Crippen molar-refractivity contribution >= 4 is 15.9 Å². The summed E-state index contributed by atoms with van der Waals surface area (Å²) in [5.41, 5.74) is 0. The van der Waals surface area contributed by atoms with Crippen LogP contribution >= 0.6 is 0 Å². The molecule has 3 rings (SSSR count). The summed E-state index contributed by atoms with van der Waals surface area (Å²) < 4.78 is 40.0. The summed E-state index contributed by atoms with van der Waals surface area (Å²) in [6.07, 6.45) is 2.11. The number of quaternary nitrogens is 1. The third kappa shape index (κ3) is 4.42. The van der Waals surface area contributed by atoms with Crippen LogP contribution in [-0.2, 0) is 14.8 Å². The Morgan fingerprint density at radius 1 is 1.19 bits per heavy atom. The maximum Gasteiger partial charge on any atom is 0.277 e. The van der Waals surface area contributed by atoms with Crippen LogP contribution in [0.5, 0.6) is 0 Å². The van der Waals surface area contributed by atoms with Gasteiger partial charge in [-0.1, -0.05) is 13.0 Å². The number of piperazine rings is 1. The normalized spacial score (nSPS) is 21.1. The first-order valence-corrected chi connectivity index (χ1v) is 10.7. The average molecular weight is 384 g/mol. The molecule has 1 aromatic rings. The minimum absolute atomic E-state index is 0.0144.